The second kappa shape index (κ2) is 7.66. The lowest BCUT2D eigenvalue weighted by Gasteiger charge is -2.21. The second-order valence-corrected chi connectivity index (χ2v) is 7.35. The number of hydrogen-bond acceptors (Lipinski definition) is 4. The fraction of sp³-hybridized carbons (Fsp3) is 0.300. The third kappa shape index (κ3) is 4.17. The van der Waals surface area contributed by atoms with Gasteiger partial charge < -0.3 is 10.1 Å². The Hall–Kier alpha value is -2.40. The minimum atomic E-state index is -0.128. The van der Waals surface area contributed by atoms with E-state index in [1.807, 2.05) is 54.8 Å². The molecule has 3 aromatic rings. The van der Waals surface area contributed by atoms with Crippen molar-refractivity contribution in [3.8, 4) is 5.75 Å². The summed E-state index contributed by atoms with van der Waals surface area (Å²) in [5, 5.41) is 6.10. The summed E-state index contributed by atoms with van der Waals surface area (Å²) >= 11 is 1.65. The third-order valence-corrected chi connectivity index (χ3v) is 4.97. The first-order chi connectivity index (χ1) is 12.0. The van der Waals surface area contributed by atoms with E-state index in [4.69, 9.17) is 4.74 Å². The van der Waals surface area contributed by atoms with Crippen LogP contribution in [-0.4, -0.2) is 17.5 Å². The molecule has 0 saturated carbocycles. The number of pyridine rings is 1. The Morgan fingerprint density at radius 2 is 2.04 bits per heavy atom. The van der Waals surface area contributed by atoms with Crippen LogP contribution >= 0.6 is 11.3 Å². The number of ether oxygens (including phenoxy) is 1. The molecule has 1 amide bonds. The van der Waals surface area contributed by atoms with Crippen molar-refractivity contribution in [1.29, 1.82) is 0 Å². The van der Waals surface area contributed by atoms with E-state index in [2.05, 4.69) is 24.1 Å². The van der Waals surface area contributed by atoms with Gasteiger partial charge in [-0.2, -0.15) is 0 Å². The van der Waals surface area contributed by atoms with Crippen molar-refractivity contribution in [2.45, 2.75) is 26.8 Å². The number of hydrogen-bond donors (Lipinski definition) is 1. The van der Waals surface area contributed by atoms with E-state index in [9.17, 15) is 4.79 Å². The number of nitrogens with one attached hydrogen (secondary N) is 1. The molecule has 0 fully saturated rings. The molecule has 0 radical (unpaired) electrons. The topological polar surface area (TPSA) is 51.2 Å². The summed E-state index contributed by atoms with van der Waals surface area (Å²) in [7, 11) is 0. The van der Waals surface area contributed by atoms with Crippen LogP contribution in [0.3, 0.4) is 0 Å². The highest BCUT2D eigenvalue weighted by Gasteiger charge is 2.19. The van der Waals surface area contributed by atoms with Crippen LogP contribution in [0.25, 0.3) is 10.9 Å². The molecule has 0 aliphatic heterocycles. The van der Waals surface area contributed by atoms with E-state index in [1.54, 1.807) is 11.3 Å². The molecule has 4 nitrogen and oxygen atoms in total. The molecule has 0 spiro atoms. The molecule has 3 rings (SSSR count). The van der Waals surface area contributed by atoms with Gasteiger partial charge in [0.15, 0.2) is 6.61 Å². The Morgan fingerprint density at radius 1 is 1.20 bits per heavy atom. The molecule has 1 N–H and O–H groups in total. The summed E-state index contributed by atoms with van der Waals surface area (Å²) < 4.78 is 5.76. The molecule has 0 aliphatic rings. The van der Waals surface area contributed by atoms with E-state index in [-0.39, 0.29) is 18.6 Å². The first kappa shape index (κ1) is 17.4. The van der Waals surface area contributed by atoms with Crippen LogP contribution in [0.5, 0.6) is 5.75 Å². The van der Waals surface area contributed by atoms with Crippen molar-refractivity contribution in [3.05, 3.63) is 58.4 Å². The summed E-state index contributed by atoms with van der Waals surface area (Å²) in [5.74, 6) is 0.815. The average Bonchev–Trinajstić information content (AvgIpc) is 3.11. The average molecular weight is 354 g/mol. The standard InChI is InChI=1S/C20H22N2O2S/c1-13(2)19(17-8-5-11-25-17)22-18(23)12-24-16-7-4-6-15-10-9-14(3)21-20(15)16/h4-11,13,19H,12H2,1-3H3,(H,22,23)/t19-/m0/s1. The van der Waals surface area contributed by atoms with Crippen LogP contribution in [0.1, 0.15) is 30.5 Å². The van der Waals surface area contributed by atoms with Gasteiger partial charge in [-0.15, -0.1) is 11.3 Å². The predicted octanol–water partition coefficient (Wildman–Crippen LogP) is 4.50. The first-order valence-electron chi connectivity index (χ1n) is 8.36. The van der Waals surface area contributed by atoms with Crippen LogP contribution in [0.15, 0.2) is 47.8 Å². The molecular weight excluding hydrogens is 332 g/mol. The molecule has 1 aromatic carbocycles. The van der Waals surface area contributed by atoms with Gasteiger partial charge in [-0.3, -0.25) is 4.79 Å². The largest absolute Gasteiger partial charge is 0.481 e. The van der Waals surface area contributed by atoms with Crippen molar-refractivity contribution >= 4 is 28.1 Å². The van der Waals surface area contributed by atoms with Crippen molar-refractivity contribution in [1.82, 2.24) is 10.3 Å². The van der Waals surface area contributed by atoms with Crippen LogP contribution in [0.4, 0.5) is 0 Å². The monoisotopic (exact) mass is 354 g/mol. The highest BCUT2D eigenvalue weighted by atomic mass is 32.1. The molecule has 0 aliphatic carbocycles. The molecule has 5 heteroatoms. The number of carbonyl (C=O) groups is 1. The fourth-order valence-corrected chi connectivity index (χ4v) is 3.68. The summed E-state index contributed by atoms with van der Waals surface area (Å²) in [6.07, 6.45) is 0. The molecule has 25 heavy (non-hydrogen) atoms. The minimum absolute atomic E-state index is 0.00369. The number of aromatic nitrogens is 1. The molecule has 0 bridgehead atoms. The van der Waals surface area contributed by atoms with Gasteiger partial charge in [-0.1, -0.05) is 38.1 Å². The number of amides is 1. The van der Waals surface area contributed by atoms with Gasteiger partial charge in [-0.05, 0) is 36.4 Å². The normalized spacial score (nSPS) is 12.3. The van der Waals surface area contributed by atoms with Crippen molar-refractivity contribution in [2.24, 2.45) is 5.92 Å². The molecular formula is C20H22N2O2S. The molecule has 2 aromatic heterocycles. The predicted molar refractivity (Wildman–Crippen MR) is 102 cm³/mol. The number of thiophene rings is 1. The van der Waals surface area contributed by atoms with Gasteiger partial charge in [0.2, 0.25) is 0 Å². The molecule has 0 saturated heterocycles. The second-order valence-electron chi connectivity index (χ2n) is 6.37. The zero-order valence-electron chi connectivity index (χ0n) is 14.7. The van der Waals surface area contributed by atoms with Crippen molar-refractivity contribution < 1.29 is 9.53 Å². The van der Waals surface area contributed by atoms with Gasteiger partial charge in [-0.25, -0.2) is 4.98 Å². The van der Waals surface area contributed by atoms with Crippen LogP contribution in [0.2, 0.25) is 0 Å². The molecule has 0 unspecified atom stereocenters. The number of nitrogens with zero attached hydrogens (tertiary/aromatic N) is 1. The van der Waals surface area contributed by atoms with Gasteiger partial charge in [0.1, 0.15) is 11.3 Å². The van der Waals surface area contributed by atoms with Crippen LogP contribution in [-0.2, 0) is 4.79 Å². The smallest absolute Gasteiger partial charge is 0.258 e. The maximum atomic E-state index is 12.4. The number of carbonyl (C=O) groups excluding carboxylic acids is 1. The number of para-hydroxylation sites is 1. The van der Waals surface area contributed by atoms with Gasteiger partial charge in [0, 0.05) is 16.0 Å². The number of aryl methyl sites for hydroxylation is 1. The Labute approximate surface area is 151 Å². The van der Waals surface area contributed by atoms with Crippen molar-refractivity contribution in [3.63, 3.8) is 0 Å². The summed E-state index contributed by atoms with van der Waals surface area (Å²) in [6.45, 7) is 6.12. The summed E-state index contributed by atoms with van der Waals surface area (Å²) in [5.41, 5.74) is 1.71. The maximum Gasteiger partial charge on any atom is 0.258 e. The molecule has 1 atom stereocenters. The Morgan fingerprint density at radius 3 is 2.76 bits per heavy atom. The fourth-order valence-electron chi connectivity index (χ4n) is 2.73. The Kier molecular flexibility index (Phi) is 5.34. The van der Waals surface area contributed by atoms with Crippen LogP contribution in [0, 0.1) is 12.8 Å². The molecule has 130 valence electrons. The first-order valence-corrected chi connectivity index (χ1v) is 9.24. The molecule has 2 heterocycles. The van der Waals surface area contributed by atoms with E-state index >= 15 is 0 Å². The lowest BCUT2D eigenvalue weighted by molar-refractivity contribution is -0.124. The summed E-state index contributed by atoms with van der Waals surface area (Å²) in [4.78, 5) is 18.1. The van der Waals surface area contributed by atoms with Crippen LogP contribution < -0.4 is 10.1 Å². The Bertz CT molecular complexity index is 859. The number of rotatable bonds is 6. The maximum absolute atomic E-state index is 12.4. The SMILES string of the molecule is Cc1ccc2cccc(OCC(=O)N[C@H](c3cccs3)C(C)C)c2n1. The van der Waals surface area contributed by atoms with Crippen molar-refractivity contribution in [2.75, 3.05) is 6.61 Å². The van der Waals surface area contributed by atoms with Gasteiger partial charge >= 0.3 is 0 Å². The lowest BCUT2D eigenvalue weighted by atomic mass is 10.0. The zero-order chi connectivity index (χ0) is 17.8. The highest BCUT2D eigenvalue weighted by Crippen LogP contribution is 2.26. The van der Waals surface area contributed by atoms with E-state index in [0.29, 0.717) is 11.7 Å². The number of benzene rings is 1. The van der Waals surface area contributed by atoms with E-state index in [1.165, 1.54) is 0 Å². The van der Waals surface area contributed by atoms with Gasteiger partial charge in [0.25, 0.3) is 5.91 Å². The lowest BCUT2D eigenvalue weighted by Crippen LogP contribution is -2.34. The summed E-state index contributed by atoms with van der Waals surface area (Å²) in [6, 6.07) is 13.8. The van der Waals surface area contributed by atoms with E-state index < -0.39 is 0 Å². The quantitative estimate of drug-likeness (QED) is 0.709. The van der Waals surface area contributed by atoms with E-state index in [0.717, 1.165) is 21.5 Å². The number of fused-ring (bicyclic) bond motifs is 1. The Balaban J connectivity index is 1.69. The minimum Gasteiger partial charge on any atom is -0.481 e. The zero-order valence-corrected chi connectivity index (χ0v) is 15.5. The van der Waals surface area contributed by atoms with Gasteiger partial charge in [0.05, 0.1) is 6.04 Å². The third-order valence-electron chi connectivity index (χ3n) is 4.01. The highest BCUT2D eigenvalue weighted by molar-refractivity contribution is 7.10.